The number of hydrogen-bond donors (Lipinski definition) is 0. The first-order valence-electron chi connectivity index (χ1n) is 5.24. The summed E-state index contributed by atoms with van der Waals surface area (Å²) in [6.45, 7) is 5.74. The number of hydrogen-bond acceptors (Lipinski definition) is 3. The molecule has 0 amide bonds. The molecule has 1 aromatic rings. The van der Waals surface area contributed by atoms with Crippen LogP contribution in [0.1, 0.15) is 20.8 Å². The van der Waals surface area contributed by atoms with Gasteiger partial charge in [0.15, 0.2) is 5.78 Å². The van der Waals surface area contributed by atoms with Crippen LogP contribution >= 0.6 is 0 Å². The maximum absolute atomic E-state index is 12.3. The van der Waals surface area contributed by atoms with Crippen molar-refractivity contribution in [3.8, 4) is 0 Å². The third-order valence-electron chi connectivity index (χ3n) is 2.08. The minimum atomic E-state index is -0.397. The lowest BCUT2D eigenvalue weighted by atomic mass is 9.89. The molecular formula is C12H19N3O. The molecule has 0 radical (unpaired) electrons. The maximum Gasteiger partial charge on any atom is 0.186 e. The van der Waals surface area contributed by atoms with E-state index in [2.05, 4.69) is 4.98 Å². The highest BCUT2D eigenvalue weighted by Crippen LogP contribution is 2.22. The highest BCUT2D eigenvalue weighted by Gasteiger charge is 2.26. The van der Waals surface area contributed by atoms with Crippen LogP contribution in [0, 0.1) is 5.41 Å². The highest BCUT2D eigenvalue weighted by molar-refractivity contribution is 6.17. The third kappa shape index (κ3) is 2.95. The molecule has 0 fully saturated rings. The average molecular weight is 221 g/mol. The molecule has 1 rings (SSSR count). The van der Waals surface area contributed by atoms with Gasteiger partial charge in [-0.15, -0.1) is 0 Å². The van der Waals surface area contributed by atoms with E-state index >= 15 is 0 Å². The summed E-state index contributed by atoms with van der Waals surface area (Å²) in [5, 5.41) is 0. The first-order valence-corrected chi connectivity index (χ1v) is 5.24. The molecule has 0 atom stereocenters. The van der Waals surface area contributed by atoms with E-state index < -0.39 is 5.41 Å². The van der Waals surface area contributed by atoms with Crippen LogP contribution in [0.15, 0.2) is 24.9 Å². The Balaban J connectivity index is 3.13. The number of carbonyl (C=O) groups is 1. The van der Waals surface area contributed by atoms with Crippen LogP contribution in [-0.4, -0.2) is 34.3 Å². The Morgan fingerprint density at radius 1 is 1.38 bits per heavy atom. The molecule has 88 valence electrons. The summed E-state index contributed by atoms with van der Waals surface area (Å²) in [5.74, 6) is 0.0965. The molecule has 0 aliphatic heterocycles. The van der Waals surface area contributed by atoms with Gasteiger partial charge >= 0.3 is 0 Å². The average Bonchev–Trinajstić information content (AvgIpc) is 2.63. The number of Topliss-reactive ketones (excluding diaryl/α,β-unsaturated/α-hetero) is 1. The first kappa shape index (κ1) is 12.5. The van der Waals surface area contributed by atoms with Gasteiger partial charge in [-0.1, -0.05) is 20.8 Å². The normalized spacial score (nSPS) is 12.7. The summed E-state index contributed by atoms with van der Waals surface area (Å²) in [7, 11) is 3.79. The molecule has 1 heterocycles. The molecule has 0 unspecified atom stereocenters. The van der Waals surface area contributed by atoms with E-state index in [0.717, 1.165) is 0 Å². The zero-order valence-electron chi connectivity index (χ0n) is 10.6. The Bertz CT molecular complexity index is 383. The molecule has 0 aliphatic rings. The van der Waals surface area contributed by atoms with E-state index in [1.165, 1.54) is 0 Å². The molecule has 0 N–H and O–H groups in total. The summed E-state index contributed by atoms with van der Waals surface area (Å²) in [5.41, 5.74) is 0.238. The van der Waals surface area contributed by atoms with Gasteiger partial charge in [-0.2, -0.15) is 0 Å². The quantitative estimate of drug-likeness (QED) is 0.731. The summed E-state index contributed by atoms with van der Waals surface area (Å²) in [6, 6.07) is 0. The largest absolute Gasteiger partial charge is 0.382 e. The van der Waals surface area contributed by atoms with Crippen LogP contribution in [0.25, 0.3) is 5.70 Å². The molecule has 0 spiro atoms. The summed E-state index contributed by atoms with van der Waals surface area (Å²) < 4.78 is 1.74. The zero-order chi connectivity index (χ0) is 12.3. The van der Waals surface area contributed by atoms with Gasteiger partial charge in [0.1, 0.15) is 5.70 Å². The first-order chi connectivity index (χ1) is 7.32. The molecule has 0 saturated heterocycles. The fourth-order valence-corrected chi connectivity index (χ4v) is 1.27. The summed E-state index contributed by atoms with van der Waals surface area (Å²) in [6.07, 6.45) is 6.90. The predicted molar refractivity (Wildman–Crippen MR) is 64.6 cm³/mol. The lowest BCUT2D eigenvalue weighted by Crippen LogP contribution is -2.25. The molecule has 1 aromatic heterocycles. The topological polar surface area (TPSA) is 38.1 Å². The lowest BCUT2D eigenvalue weighted by Gasteiger charge is -2.20. The molecule has 4 nitrogen and oxygen atoms in total. The Kier molecular flexibility index (Phi) is 3.52. The van der Waals surface area contributed by atoms with Crippen molar-refractivity contribution in [1.29, 1.82) is 0 Å². The smallest absolute Gasteiger partial charge is 0.186 e. The van der Waals surface area contributed by atoms with Crippen LogP contribution in [0.3, 0.4) is 0 Å². The van der Waals surface area contributed by atoms with Gasteiger partial charge < -0.3 is 9.47 Å². The van der Waals surface area contributed by atoms with Crippen molar-refractivity contribution in [3.63, 3.8) is 0 Å². The van der Waals surface area contributed by atoms with Crippen molar-refractivity contribution < 1.29 is 4.79 Å². The second kappa shape index (κ2) is 4.51. The standard InChI is InChI=1S/C12H19N3O/c1-12(2,3)11(16)10(8-14(4)5)15-7-6-13-9-15/h6-9H,1-5H3/b10-8-. The number of nitrogens with zero attached hydrogens (tertiary/aromatic N) is 3. The molecular weight excluding hydrogens is 202 g/mol. The van der Waals surface area contributed by atoms with Crippen LogP contribution in [-0.2, 0) is 4.79 Å². The Morgan fingerprint density at radius 3 is 2.38 bits per heavy atom. The second-order valence-electron chi connectivity index (χ2n) is 5.03. The Hall–Kier alpha value is -1.58. The maximum atomic E-state index is 12.3. The van der Waals surface area contributed by atoms with E-state index in [-0.39, 0.29) is 5.78 Å². The van der Waals surface area contributed by atoms with Crippen molar-refractivity contribution >= 4 is 11.5 Å². The number of ketones is 1. The van der Waals surface area contributed by atoms with Gasteiger partial charge in [0.2, 0.25) is 0 Å². The van der Waals surface area contributed by atoms with Gasteiger partial charge in [0.25, 0.3) is 0 Å². The second-order valence-corrected chi connectivity index (χ2v) is 5.03. The van der Waals surface area contributed by atoms with Gasteiger partial charge in [-0.3, -0.25) is 4.79 Å². The summed E-state index contributed by atoms with van der Waals surface area (Å²) in [4.78, 5) is 18.1. The number of rotatable bonds is 3. The monoisotopic (exact) mass is 221 g/mol. The van der Waals surface area contributed by atoms with E-state index in [9.17, 15) is 4.79 Å². The van der Waals surface area contributed by atoms with E-state index in [4.69, 9.17) is 0 Å². The van der Waals surface area contributed by atoms with Gasteiger partial charge in [-0.05, 0) is 0 Å². The van der Waals surface area contributed by atoms with Gasteiger partial charge in [0.05, 0.1) is 6.33 Å². The summed E-state index contributed by atoms with van der Waals surface area (Å²) >= 11 is 0. The van der Waals surface area contributed by atoms with E-state index in [1.54, 1.807) is 23.3 Å². The molecule has 16 heavy (non-hydrogen) atoms. The minimum absolute atomic E-state index is 0.0965. The fraction of sp³-hybridized carbons (Fsp3) is 0.500. The van der Waals surface area contributed by atoms with Crippen molar-refractivity contribution in [2.45, 2.75) is 20.8 Å². The van der Waals surface area contributed by atoms with Crippen molar-refractivity contribution in [3.05, 3.63) is 24.9 Å². The van der Waals surface area contributed by atoms with Crippen LogP contribution in [0.4, 0.5) is 0 Å². The van der Waals surface area contributed by atoms with Crippen molar-refractivity contribution in [2.24, 2.45) is 5.41 Å². The Morgan fingerprint density at radius 2 is 2.00 bits per heavy atom. The third-order valence-corrected chi connectivity index (χ3v) is 2.08. The SMILES string of the molecule is CN(C)/C=C(/C(=O)C(C)(C)C)n1ccnc1. The number of allylic oxidation sites excluding steroid dienone is 1. The number of imidazole rings is 1. The Labute approximate surface area is 96.6 Å². The van der Waals surface area contributed by atoms with E-state index in [0.29, 0.717) is 5.70 Å². The molecule has 0 aromatic carbocycles. The zero-order valence-corrected chi connectivity index (χ0v) is 10.6. The minimum Gasteiger partial charge on any atom is -0.382 e. The molecule has 0 saturated carbocycles. The van der Waals surface area contributed by atoms with Crippen molar-refractivity contribution in [2.75, 3.05) is 14.1 Å². The van der Waals surface area contributed by atoms with Crippen LogP contribution in [0.5, 0.6) is 0 Å². The highest BCUT2D eigenvalue weighted by atomic mass is 16.1. The lowest BCUT2D eigenvalue weighted by molar-refractivity contribution is -0.120. The molecule has 4 heteroatoms. The van der Waals surface area contributed by atoms with Crippen molar-refractivity contribution in [1.82, 2.24) is 14.5 Å². The molecule has 0 bridgehead atoms. The van der Waals surface area contributed by atoms with Crippen LogP contribution in [0.2, 0.25) is 0 Å². The van der Waals surface area contributed by atoms with Gasteiger partial charge in [-0.25, -0.2) is 4.98 Å². The number of aromatic nitrogens is 2. The fourth-order valence-electron chi connectivity index (χ4n) is 1.27. The number of carbonyl (C=O) groups excluding carboxylic acids is 1. The predicted octanol–water partition coefficient (Wildman–Crippen LogP) is 1.86. The molecule has 0 aliphatic carbocycles. The van der Waals surface area contributed by atoms with Gasteiger partial charge in [0, 0.05) is 38.1 Å². The van der Waals surface area contributed by atoms with E-state index in [1.807, 2.05) is 46.0 Å². The van der Waals surface area contributed by atoms with Crippen LogP contribution < -0.4 is 0 Å².